The molecule has 2 rings (SSSR count). The van der Waals surface area contributed by atoms with E-state index in [-0.39, 0.29) is 0 Å². The standard InChI is InChI=1S/C14H19NO3Si/c1-16-19(17-2,18-3)10-8-12-6-7-14-13(11-12)5-4-9-15-14/h4-7,9,11H,8,10H2,1-3H3. The van der Waals surface area contributed by atoms with E-state index in [4.69, 9.17) is 13.3 Å². The van der Waals surface area contributed by atoms with Crippen molar-refractivity contribution >= 4 is 19.7 Å². The summed E-state index contributed by atoms with van der Waals surface area (Å²) < 4.78 is 16.3. The van der Waals surface area contributed by atoms with E-state index in [1.165, 1.54) is 5.56 Å². The van der Waals surface area contributed by atoms with E-state index < -0.39 is 8.80 Å². The molecule has 0 spiro atoms. The van der Waals surface area contributed by atoms with Crippen LogP contribution < -0.4 is 0 Å². The smallest absolute Gasteiger partial charge is 0.377 e. The van der Waals surface area contributed by atoms with Crippen LogP contribution in [0.25, 0.3) is 10.9 Å². The average molecular weight is 277 g/mol. The Labute approximate surface area is 114 Å². The number of benzene rings is 1. The Morgan fingerprint density at radius 2 is 1.79 bits per heavy atom. The topological polar surface area (TPSA) is 40.6 Å². The van der Waals surface area contributed by atoms with E-state index in [1.54, 1.807) is 27.5 Å². The summed E-state index contributed by atoms with van der Waals surface area (Å²) >= 11 is 0. The number of hydrogen-bond donors (Lipinski definition) is 0. The molecule has 19 heavy (non-hydrogen) atoms. The summed E-state index contributed by atoms with van der Waals surface area (Å²) in [6.45, 7) is 0. The third-order valence-electron chi connectivity index (χ3n) is 3.32. The number of rotatable bonds is 6. The molecule has 1 aromatic carbocycles. The van der Waals surface area contributed by atoms with Crippen LogP contribution in [0.15, 0.2) is 36.5 Å². The normalized spacial score (nSPS) is 11.9. The summed E-state index contributed by atoms with van der Waals surface area (Å²) in [5.41, 5.74) is 2.25. The van der Waals surface area contributed by atoms with Crippen LogP contribution in [0.1, 0.15) is 5.56 Å². The molecule has 4 nitrogen and oxygen atoms in total. The van der Waals surface area contributed by atoms with Gasteiger partial charge in [-0.25, -0.2) is 0 Å². The van der Waals surface area contributed by atoms with Crippen LogP contribution in [-0.2, 0) is 19.7 Å². The maximum Gasteiger partial charge on any atom is 0.500 e. The van der Waals surface area contributed by atoms with Crippen molar-refractivity contribution in [1.29, 1.82) is 0 Å². The average Bonchev–Trinajstić information content (AvgIpc) is 2.49. The van der Waals surface area contributed by atoms with E-state index >= 15 is 0 Å². The van der Waals surface area contributed by atoms with Crippen LogP contribution in [0.5, 0.6) is 0 Å². The molecule has 0 fully saturated rings. The summed E-state index contributed by atoms with van der Waals surface area (Å²) in [7, 11) is 2.44. The fraction of sp³-hybridized carbons (Fsp3) is 0.357. The lowest BCUT2D eigenvalue weighted by atomic mass is 10.1. The molecule has 0 saturated carbocycles. The van der Waals surface area contributed by atoms with Crippen LogP contribution >= 0.6 is 0 Å². The maximum atomic E-state index is 5.43. The van der Waals surface area contributed by atoms with Gasteiger partial charge in [0.2, 0.25) is 0 Å². The second-order valence-corrected chi connectivity index (χ2v) is 7.42. The van der Waals surface area contributed by atoms with Gasteiger partial charge in [-0.15, -0.1) is 0 Å². The number of fused-ring (bicyclic) bond motifs is 1. The molecule has 0 radical (unpaired) electrons. The lowest BCUT2D eigenvalue weighted by Crippen LogP contribution is -2.43. The number of nitrogens with zero attached hydrogens (tertiary/aromatic N) is 1. The molecule has 1 heterocycles. The minimum Gasteiger partial charge on any atom is -0.377 e. The number of aromatic nitrogens is 1. The van der Waals surface area contributed by atoms with Gasteiger partial charge in [-0.1, -0.05) is 12.1 Å². The number of pyridine rings is 1. The van der Waals surface area contributed by atoms with Crippen molar-refractivity contribution in [3.63, 3.8) is 0 Å². The van der Waals surface area contributed by atoms with Crippen molar-refractivity contribution in [2.75, 3.05) is 21.3 Å². The predicted molar refractivity (Wildman–Crippen MR) is 77.0 cm³/mol. The minimum absolute atomic E-state index is 0.766. The van der Waals surface area contributed by atoms with Gasteiger partial charge in [-0.05, 0) is 30.2 Å². The fourth-order valence-corrected chi connectivity index (χ4v) is 3.84. The Bertz CT molecular complexity index is 535. The zero-order valence-electron chi connectivity index (χ0n) is 11.6. The third kappa shape index (κ3) is 3.19. The van der Waals surface area contributed by atoms with Crippen molar-refractivity contribution in [3.8, 4) is 0 Å². The van der Waals surface area contributed by atoms with Crippen molar-refractivity contribution in [2.24, 2.45) is 0 Å². The molecule has 0 aliphatic heterocycles. The molecule has 0 aliphatic carbocycles. The van der Waals surface area contributed by atoms with Crippen LogP contribution in [0.2, 0.25) is 6.04 Å². The first-order chi connectivity index (χ1) is 9.23. The summed E-state index contributed by atoms with van der Waals surface area (Å²) in [6, 6.07) is 11.1. The second-order valence-electron chi connectivity index (χ2n) is 4.33. The maximum absolute atomic E-state index is 5.43. The van der Waals surface area contributed by atoms with Gasteiger partial charge in [0, 0.05) is 39.0 Å². The van der Waals surface area contributed by atoms with Crippen molar-refractivity contribution < 1.29 is 13.3 Å². The van der Waals surface area contributed by atoms with Gasteiger partial charge in [0.25, 0.3) is 0 Å². The van der Waals surface area contributed by atoms with Crippen LogP contribution in [0, 0.1) is 0 Å². The van der Waals surface area contributed by atoms with Gasteiger partial charge in [0.15, 0.2) is 0 Å². The molecule has 1 aromatic heterocycles. The van der Waals surface area contributed by atoms with Crippen LogP contribution in [-0.4, -0.2) is 35.1 Å². The molecular weight excluding hydrogens is 258 g/mol. The monoisotopic (exact) mass is 277 g/mol. The molecular formula is C14H19NO3Si. The molecule has 0 bridgehead atoms. The molecule has 5 heteroatoms. The quantitative estimate of drug-likeness (QED) is 0.761. The molecule has 0 unspecified atom stereocenters. The minimum atomic E-state index is -2.48. The molecule has 0 aliphatic rings. The van der Waals surface area contributed by atoms with Crippen molar-refractivity contribution in [1.82, 2.24) is 4.98 Å². The number of aryl methyl sites for hydroxylation is 1. The van der Waals surface area contributed by atoms with E-state index in [0.717, 1.165) is 23.4 Å². The van der Waals surface area contributed by atoms with Gasteiger partial charge in [-0.2, -0.15) is 0 Å². The highest BCUT2D eigenvalue weighted by molar-refractivity contribution is 6.60. The van der Waals surface area contributed by atoms with E-state index in [2.05, 4.69) is 23.2 Å². The summed E-state index contributed by atoms with van der Waals surface area (Å²) in [5, 5.41) is 1.15. The Morgan fingerprint density at radius 3 is 2.47 bits per heavy atom. The molecule has 102 valence electrons. The summed E-state index contributed by atoms with van der Waals surface area (Å²) in [4.78, 5) is 4.31. The fourth-order valence-electron chi connectivity index (χ4n) is 2.13. The second kappa shape index (κ2) is 6.25. The Morgan fingerprint density at radius 1 is 1.05 bits per heavy atom. The van der Waals surface area contributed by atoms with Crippen LogP contribution in [0.4, 0.5) is 0 Å². The molecule has 0 N–H and O–H groups in total. The largest absolute Gasteiger partial charge is 0.500 e. The van der Waals surface area contributed by atoms with Gasteiger partial charge in [-0.3, -0.25) is 4.98 Å². The Kier molecular flexibility index (Phi) is 4.65. The first kappa shape index (κ1) is 14.1. The first-order valence-electron chi connectivity index (χ1n) is 6.22. The van der Waals surface area contributed by atoms with Gasteiger partial charge in [0.05, 0.1) is 5.52 Å². The number of hydrogen-bond acceptors (Lipinski definition) is 4. The lowest BCUT2D eigenvalue weighted by Gasteiger charge is -2.24. The van der Waals surface area contributed by atoms with Gasteiger partial charge < -0.3 is 13.3 Å². The Balaban J connectivity index is 2.13. The highest BCUT2D eigenvalue weighted by Gasteiger charge is 2.37. The highest BCUT2D eigenvalue weighted by Crippen LogP contribution is 2.19. The van der Waals surface area contributed by atoms with Crippen LogP contribution in [0.3, 0.4) is 0 Å². The third-order valence-corrected chi connectivity index (χ3v) is 6.05. The van der Waals surface area contributed by atoms with E-state index in [9.17, 15) is 0 Å². The van der Waals surface area contributed by atoms with E-state index in [0.29, 0.717) is 0 Å². The van der Waals surface area contributed by atoms with Crippen molar-refractivity contribution in [3.05, 3.63) is 42.1 Å². The molecule has 0 atom stereocenters. The SMILES string of the molecule is CO[Si](CCc1ccc2ncccc2c1)(OC)OC. The zero-order chi connectivity index (χ0) is 13.7. The van der Waals surface area contributed by atoms with Crippen molar-refractivity contribution in [2.45, 2.75) is 12.5 Å². The zero-order valence-corrected chi connectivity index (χ0v) is 12.6. The molecule has 0 amide bonds. The summed E-state index contributed by atoms with van der Waals surface area (Å²) in [5.74, 6) is 0. The van der Waals surface area contributed by atoms with E-state index in [1.807, 2.05) is 12.1 Å². The molecule has 2 aromatic rings. The highest BCUT2D eigenvalue weighted by atomic mass is 28.4. The lowest BCUT2D eigenvalue weighted by molar-refractivity contribution is 0.123. The van der Waals surface area contributed by atoms with Gasteiger partial charge >= 0.3 is 8.80 Å². The molecule has 0 saturated heterocycles. The first-order valence-corrected chi connectivity index (χ1v) is 8.15. The summed E-state index contributed by atoms with van der Waals surface area (Å²) in [6.07, 6.45) is 2.67. The van der Waals surface area contributed by atoms with Gasteiger partial charge in [0.1, 0.15) is 0 Å². The predicted octanol–water partition coefficient (Wildman–Crippen LogP) is 2.66. The Hall–Kier alpha value is -1.27.